The molecule has 0 radical (unpaired) electrons. The van der Waals surface area contributed by atoms with Crippen LogP contribution in [0.15, 0.2) is 131 Å². The quantitative estimate of drug-likeness (QED) is 0.0525. The molecule has 8 nitrogen and oxygen atoms in total. The van der Waals surface area contributed by atoms with Gasteiger partial charge in [-0.15, -0.1) is 0 Å². The SMILES string of the molecule is CC(C)(C)[Si](C)(C)O[C@H](C/C=C/C(=O)c1ccc(OS(=O)(=O)c2ccccc2)cc1)CCc1ccc(OS(=O)(=O)c2ccccc2)cc1. The maximum Gasteiger partial charge on any atom is 0.339 e. The van der Waals surface area contributed by atoms with Crippen molar-refractivity contribution in [2.75, 3.05) is 0 Å². The minimum atomic E-state index is -3.98. The lowest BCUT2D eigenvalue weighted by molar-refractivity contribution is 0.104. The van der Waals surface area contributed by atoms with Crippen LogP contribution in [0.4, 0.5) is 0 Å². The Morgan fingerprint density at radius 3 is 1.62 bits per heavy atom. The highest BCUT2D eigenvalue weighted by Gasteiger charge is 2.38. The topological polar surface area (TPSA) is 113 Å². The van der Waals surface area contributed by atoms with Gasteiger partial charge in [0.1, 0.15) is 21.3 Å². The van der Waals surface area contributed by atoms with Crippen molar-refractivity contribution >= 4 is 34.3 Å². The zero-order chi connectivity index (χ0) is 35.0. The molecule has 4 aromatic rings. The Balaban J connectivity index is 1.38. The van der Waals surface area contributed by atoms with Crippen LogP contribution in [0.1, 0.15) is 49.5 Å². The molecule has 0 amide bonds. The lowest BCUT2D eigenvalue weighted by atomic mass is 10.0. The predicted molar refractivity (Wildman–Crippen MR) is 190 cm³/mol. The summed E-state index contributed by atoms with van der Waals surface area (Å²) in [7, 11) is -10.0. The first-order chi connectivity index (χ1) is 22.6. The minimum absolute atomic E-state index is 0.00811. The van der Waals surface area contributed by atoms with E-state index in [9.17, 15) is 21.6 Å². The van der Waals surface area contributed by atoms with E-state index in [2.05, 4.69) is 33.9 Å². The first-order valence-electron chi connectivity index (χ1n) is 15.6. The van der Waals surface area contributed by atoms with Gasteiger partial charge in [0, 0.05) is 11.7 Å². The highest BCUT2D eigenvalue weighted by molar-refractivity contribution is 7.87. The van der Waals surface area contributed by atoms with E-state index in [1.807, 2.05) is 18.2 Å². The molecular weight excluding hydrogens is 665 g/mol. The molecular formula is C37H42O8S2Si. The number of aryl methyl sites for hydroxylation is 1. The number of allylic oxidation sites excluding steroid dienone is 1. The van der Waals surface area contributed by atoms with Crippen molar-refractivity contribution in [2.24, 2.45) is 0 Å². The average molecular weight is 707 g/mol. The van der Waals surface area contributed by atoms with Gasteiger partial charge in [0.15, 0.2) is 14.1 Å². The van der Waals surface area contributed by atoms with Crippen molar-refractivity contribution in [1.29, 1.82) is 0 Å². The van der Waals surface area contributed by atoms with Crippen LogP contribution < -0.4 is 8.37 Å². The van der Waals surface area contributed by atoms with Crippen LogP contribution in [0.3, 0.4) is 0 Å². The maximum atomic E-state index is 13.0. The molecule has 0 spiro atoms. The first-order valence-corrected chi connectivity index (χ1v) is 21.3. The fourth-order valence-corrected chi connectivity index (χ4v) is 7.78. The highest BCUT2D eigenvalue weighted by Crippen LogP contribution is 2.38. The van der Waals surface area contributed by atoms with Gasteiger partial charge < -0.3 is 12.8 Å². The second-order valence-corrected chi connectivity index (χ2v) is 20.8. The third kappa shape index (κ3) is 10.2. The van der Waals surface area contributed by atoms with Gasteiger partial charge in [-0.2, -0.15) is 16.8 Å². The third-order valence-electron chi connectivity index (χ3n) is 8.23. The van der Waals surface area contributed by atoms with E-state index in [1.165, 1.54) is 54.6 Å². The largest absolute Gasteiger partial charge is 0.414 e. The summed E-state index contributed by atoms with van der Waals surface area (Å²) >= 11 is 0. The molecule has 0 fully saturated rings. The summed E-state index contributed by atoms with van der Waals surface area (Å²) in [5.41, 5.74) is 1.40. The molecule has 1 atom stereocenters. The summed E-state index contributed by atoms with van der Waals surface area (Å²) < 4.78 is 67.4. The van der Waals surface area contributed by atoms with Crippen LogP contribution in [0, 0.1) is 0 Å². The second-order valence-electron chi connectivity index (χ2n) is 12.9. The van der Waals surface area contributed by atoms with Crippen molar-refractivity contribution < 1.29 is 34.4 Å². The summed E-state index contributed by atoms with van der Waals surface area (Å²) in [6.07, 6.45) is 5.07. The summed E-state index contributed by atoms with van der Waals surface area (Å²) in [5.74, 6) is 0.120. The van der Waals surface area contributed by atoms with Gasteiger partial charge in [-0.05, 0) is 110 Å². The molecule has 4 rings (SSSR count). The molecule has 0 aliphatic rings. The molecule has 0 unspecified atom stereocenters. The van der Waals surface area contributed by atoms with E-state index in [4.69, 9.17) is 12.8 Å². The van der Waals surface area contributed by atoms with Crippen LogP contribution in [0.5, 0.6) is 11.5 Å². The van der Waals surface area contributed by atoms with Crippen molar-refractivity contribution in [2.45, 2.75) is 74.1 Å². The lowest BCUT2D eigenvalue weighted by Gasteiger charge is -2.39. The van der Waals surface area contributed by atoms with E-state index in [1.54, 1.807) is 48.5 Å². The predicted octanol–water partition coefficient (Wildman–Crippen LogP) is 8.37. The van der Waals surface area contributed by atoms with Crippen LogP contribution >= 0.6 is 0 Å². The van der Waals surface area contributed by atoms with Crippen molar-refractivity contribution in [3.8, 4) is 11.5 Å². The number of rotatable bonds is 15. The number of hydrogen-bond acceptors (Lipinski definition) is 8. The van der Waals surface area contributed by atoms with Crippen LogP contribution in [-0.2, 0) is 31.1 Å². The normalized spacial score (nSPS) is 13.3. The standard InChI is InChI=1S/C37H42O8S2Si/c1-37(2,3)48(4,5)45-33(26-21-29-19-24-31(25-20-29)43-46(39,40)34-14-8-6-9-15-34)13-12-18-36(38)30-22-27-32(28-23-30)44-47(41,42)35-16-10-7-11-17-35/h6-12,14-20,22-25,27-28,33H,13,21,26H2,1-5H3/b18-12+/t33-/m1/s1. The number of ketones is 1. The number of hydrogen-bond donors (Lipinski definition) is 0. The molecule has 4 aromatic carbocycles. The second kappa shape index (κ2) is 15.5. The minimum Gasteiger partial charge on any atom is -0.414 e. The molecule has 254 valence electrons. The maximum absolute atomic E-state index is 13.0. The van der Waals surface area contributed by atoms with E-state index in [0.717, 1.165) is 5.56 Å². The van der Waals surface area contributed by atoms with Crippen LogP contribution in [0.25, 0.3) is 0 Å². The monoisotopic (exact) mass is 706 g/mol. The number of carbonyl (C=O) groups excluding carboxylic acids is 1. The van der Waals surface area contributed by atoms with Gasteiger partial charge in [0.2, 0.25) is 0 Å². The number of benzene rings is 4. The molecule has 0 saturated carbocycles. The first kappa shape index (κ1) is 36.8. The fourth-order valence-electron chi connectivity index (χ4n) is 4.48. The Labute approximate surface area is 285 Å². The average Bonchev–Trinajstić information content (AvgIpc) is 3.04. The number of carbonyl (C=O) groups is 1. The Kier molecular flexibility index (Phi) is 11.9. The molecule has 0 aliphatic heterocycles. The van der Waals surface area contributed by atoms with Gasteiger partial charge in [-0.1, -0.05) is 75.4 Å². The van der Waals surface area contributed by atoms with Crippen LogP contribution in [-0.4, -0.2) is 37.0 Å². The van der Waals surface area contributed by atoms with Gasteiger partial charge in [-0.25, -0.2) is 0 Å². The molecule has 0 N–H and O–H groups in total. The zero-order valence-corrected chi connectivity index (χ0v) is 30.5. The zero-order valence-electron chi connectivity index (χ0n) is 27.8. The lowest BCUT2D eigenvalue weighted by Crippen LogP contribution is -2.44. The molecule has 11 heteroatoms. The summed E-state index contributed by atoms with van der Waals surface area (Å²) in [6, 6.07) is 28.8. The summed E-state index contributed by atoms with van der Waals surface area (Å²) in [6.45, 7) is 10.9. The molecule has 0 bridgehead atoms. The van der Waals surface area contributed by atoms with Gasteiger partial charge >= 0.3 is 20.2 Å². The van der Waals surface area contributed by atoms with Gasteiger partial charge in [-0.3, -0.25) is 4.79 Å². The smallest absolute Gasteiger partial charge is 0.339 e. The van der Waals surface area contributed by atoms with E-state index in [0.29, 0.717) is 24.8 Å². The molecule has 0 aromatic heterocycles. The summed E-state index contributed by atoms with van der Waals surface area (Å²) in [4.78, 5) is 13.1. The van der Waals surface area contributed by atoms with Crippen molar-refractivity contribution in [1.82, 2.24) is 0 Å². The van der Waals surface area contributed by atoms with E-state index in [-0.39, 0.29) is 38.2 Å². The van der Waals surface area contributed by atoms with E-state index >= 15 is 0 Å². The van der Waals surface area contributed by atoms with Crippen molar-refractivity contribution in [3.63, 3.8) is 0 Å². The van der Waals surface area contributed by atoms with Gasteiger partial charge in [0.05, 0.1) is 0 Å². The Morgan fingerprint density at radius 1 is 0.708 bits per heavy atom. The van der Waals surface area contributed by atoms with Gasteiger partial charge in [0.25, 0.3) is 0 Å². The Bertz CT molecular complexity index is 1900. The van der Waals surface area contributed by atoms with E-state index < -0.39 is 28.6 Å². The third-order valence-corrected chi connectivity index (χ3v) is 15.3. The van der Waals surface area contributed by atoms with Crippen molar-refractivity contribution in [3.05, 3.63) is 132 Å². The molecule has 0 saturated heterocycles. The highest BCUT2D eigenvalue weighted by atomic mass is 32.2. The molecule has 0 heterocycles. The Morgan fingerprint density at radius 2 is 1.17 bits per heavy atom. The molecule has 0 aliphatic carbocycles. The van der Waals surface area contributed by atoms with Crippen LogP contribution in [0.2, 0.25) is 18.1 Å². The molecule has 48 heavy (non-hydrogen) atoms. The summed E-state index contributed by atoms with van der Waals surface area (Å²) in [5, 5.41) is -0.00811. The fraction of sp³-hybridized carbons (Fsp3) is 0.270. The Hall–Kier alpha value is -4.03.